The van der Waals surface area contributed by atoms with Gasteiger partial charge in [0.15, 0.2) is 0 Å². The molecule has 1 amide bonds. The van der Waals surface area contributed by atoms with Gasteiger partial charge in [-0.2, -0.15) is 0 Å². The molecule has 1 fully saturated rings. The van der Waals surface area contributed by atoms with Crippen LogP contribution in [0.3, 0.4) is 0 Å². The lowest BCUT2D eigenvalue weighted by Gasteiger charge is -2.33. The quantitative estimate of drug-likeness (QED) is 0.826. The van der Waals surface area contributed by atoms with Crippen molar-refractivity contribution in [1.29, 1.82) is 0 Å². The first-order valence-corrected chi connectivity index (χ1v) is 9.89. The molecule has 1 saturated heterocycles. The van der Waals surface area contributed by atoms with Crippen molar-refractivity contribution in [3.63, 3.8) is 0 Å². The van der Waals surface area contributed by atoms with E-state index in [9.17, 15) is 9.59 Å². The van der Waals surface area contributed by atoms with Crippen molar-refractivity contribution in [3.8, 4) is 0 Å². The third-order valence-electron chi connectivity index (χ3n) is 6.09. The van der Waals surface area contributed by atoms with E-state index in [2.05, 4.69) is 31.2 Å². The molecule has 144 valence electrons. The molecule has 1 aromatic heterocycles. The smallest absolute Gasteiger partial charge is 0.263 e. The molecule has 1 aliphatic rings. The minimum Gasteiger partial charge on any atom is -0.338 e. The first kappa shape index (κ1) is 19.4. The van der Waals surface area contributed by atoms with Gasteiger partial charge in [0.2, 0.25) is 0 Å². The maximum atomic E-state index is 13.0. The number of rotatable bonds is 4. The number of aromatic nitrogens is 1. The van der Waals surface area contributed by atoms with E-state index in [1.165, 1.54) is 11.1 Å². The zero-order chi connectivity index (χ0) is 19.6. The number of pyridine rings is 1. The highest BCUT2D eigenvalue weighted by molar-refractivity contribution is 5.94. The average molecular weight is 367 g/mol. The summed E-state index contributed by atoms with van der Waals surface area (Å²) in [5, 5.41) is 0. The number of benzene rings is 1. The predicted octanol–water partition coefficient (Wildman–Crippen LogP) is 3.80. The van der Waals surface area contributed by atoms with Crippen molar-refractivity contribution in [2.75, 3.05) is 13.1 Å². The van der Waals surface area contributed by atoms with Crippen molar-refractivity contribution in [3.05, 3.63) is 68.6 Å². The molecule has 1 atom stereocenters. The van der Waals surface area contributed by atoms with Crippen LogP contribution in [0.4, 0.5) is 0 Å². The second-order valence-corrected chi connectivity index (χ2v) is 7.92. The monoisotopic (exact) mass is 366 g/mol. The molecule has 0 saturated carbocycles. The lowest BCUT2D eigenvalue weighted by molar-refractivity contribution is 0.0665. The van der Waals surface area contributed by atoms with Crippen LogP contribution >= 0.6 is 0 Å². The number of hydrogen-bond acceptors (Lipinski definition) is 2. The van der Waals surface area contributed by atoms with Crippen molar-refractivity contribution >= 4 is 5.91 Å². The van der Waals surface area contributed by atoms with E-state index in [-0.39, 0.29) is 11.5 Å². The Labute approximate surface area is 161 Å². The maximum Gasteiger partial charge on any atom is 0.263 e. The zero-order valence-electron chi connectivity index (χ0n) is 16.9. The van der Waals surface area contributed by atoms with Gasteiger partial charge in [0.05, 0.1) is 0 Å². The number of carbonyl (C=O) groups is 1. The molecule has 0 radical (unpaired) electrons. The van der Waals surface area contributed by atoms with Gasteiger partial charge in [-0.25, -0.2) is 0 Å². The molecule has 0 unspecified atom stereocenters. The van der Waals surface area contributed by atoms with E-state index in [1.807, 2.05) is 18.7 Å². The summed E-state index contributed by atoms with van der Waals surface area (Å²) in [6.45, 7) is 7.51. The van der Waals surface area contributed by atoms with Gasteiger partial charge in [-0.05, 0) is 75.1 Å². The van der Waals surface area contributed by atoms with Crippen LogP contribution in [0.25, 0.3) is 0 Å². The number of carbonyl (C=O) groups excluding carboxylic acids is 1. The molecule has 4 heteroatoms. The van der Waals surface area contributed by atoms with E-state index >= 15 is 0 Å². The molecule has 27 heavy (non-hydrogen) atoms. The van der Waals surface area contributed by atoms with E-state index < -0.39 is 0 Å². The van der Waals surface area contributed by atoms with Crippen molar-refractivity contribution in [2.24, 2.45) is 13.0 Å². The molecule has 1 aliphatic heterocycles. The number of nitrogens with zero attached hydrogens (tertiary/aromatic N) is 2. The molecule has 0 bridgehead atoms. The first-order chi connectivity index (χ1) is 12.9. The van der Waals surface area contributed by atoms with E-state index in [0.717, 1.165) is 50.0 Å². The number of hydrogen-bond donors (Lipinski definition) is 0. The fourth-order valence-electron chi connectivity index (χ4n) is 4.04. The Morgan fingerprint density at radius 1 is 1.15 bits per heavy atom. The summed E-state index contributed by atoms with van der Waals surface area (Å²) in [4.78, 5) is 27.5. The predicted molar refractivity (Wildman–Crippen MR) is 109 cm³/mol. The zero-order valence-corrected chi connectivity index (χ0v) is 16.9. The largest absolute Gasteiger partial charge is 0.338 e. The Hall–Kier alpha value is -2.36. The Kier molecular flexibility index (Phi) is 5.83. The molecule has 3 rings (SSSR count). The third kappa shape index (κ3) is 4.15. The lowest BCUT2D eigenvalue weighted by Crippen LogP contribution is -2.42. The summed E-state index contributed by atoms with van der Waals surface area (Å²) in [7, 11) is 1.74. The lowest BCUT2D eigenvalue weighted by atomic mass is 9.90. The van der Waals surface area contributed by atoms with Crippen LogP contribution in [0.2, 0.25) is 0 Å². The van der Waals surface area contributed by atoms with Crippen molar-refractivity contribution < 1.29 is 4.79 Å². The van der Waals surface area contributed by atoms with E-state index in [1.54, 1.807) is 17.7 Å². The van der Waals surface area contributed by atoms with Crippen LogP contribution in [0.15, 0.2) is 35.1 Å². The van der Waals surface area contributed by atoms with Crippen LogP contribution in [0.5, 0.6) is 0 Å². The SMILES string of the molecule is Cc1ccccc1CC[C@@H]1CCCN(C(=O)c2cc(C)c(C)n(C)c2=O)C1. The van der Waals surface area contributed by atoms with Gasteiger partial charge in [0.1, 0.15) is 5.56 Å². The van der Waals surface area contributed by atoms with Crippen LogP contribution in [0.1, 0.15) is 52.0 Å². The molecular formula is C23H30N2O2. The molecule has 0 spiro atoms. The highest BCUT2D eigenvalue weighted by Crippen LogP contribution is 2.23. The fourth-order valence-corrected chi connectivity index (χ4v) is 4.04. The van der Waals surface area contributed by atoms with Crippen LogP contribution < -0.4 is 5.56 Å². The topological polar surface area (TPSA) is 42.3 Å². The molecule has 4 nitrogen and oxygen atoms in total. The van der Waals surface area contributed by atoms with E-state index in [4.69, 9.17) is 0 Å². The number of likely N-dealkylation sites (tertiary alicyclic amines) is 1. The number of piperidine rings is 1. The van der Waals surface area contributed by atoms with E-state index in [0.29, 0.717) is 11.5 Å². The third-order valence-corrected chi connectivity index (χ3v) is 6.09. The highest BCUT2D eigenvalue weighted by atomic mass is 16.2. The summed E-state index contributed by atoms with van der Waals surface area (Å²) in [5.74, 6) is 0.386. The molecule has 0 aliphatic carbocycles. The average Bonchev–Trinajstić information content (AvgIpc) is 2.68. The van der Waals surface area contributed by atoms with Crippen molar-refractivity contribution in [2.45, 2.75) is 46.5 Å². The standard InChI is InChI=1S/C23H30N2O2/c1-16-8-5-6-10-20(16)12-11-19-9-7-13-25(15-19)23(27)21-14-17(2)18(3)24(4)22(21)26/h5-6,8,10,14,19H,7,9,11-13,15H2,1-4H3/t19-/m0/s1. The first-order valence-electron chi connectivity index (χ1n) is 9.89. The molecule has 1 aromatic carbocycles. The van der Waals surface area contributed by atoms with Gasteiger partial charge in [-0.1, -0.05) is 24.3 Å². The molecular weight excluding hydrogens is 336 g/mol. The summed E-state index contributed by atoms with van der Waals surface area (Å²) in [6, 6.07) is 10.3. The Morgan fingerprint density at radius 2 is 1.89 bits per heavy atom. The van der Waals surface area contributed by atoms with Gasteiger partial charge in [0, 0.05) is 25.8 Å². The van der Waals surface area contributed by atoms with Gasteiger partial charge in [-0.3, -0.25) is 9.59 Å². The van der Waals surface area contributed by atoms with Gasteiger partial charge >= 0.3 is 0 Å². The normalized spacial score (nSPS) is 17.2. The second-order valence-electron chi connectivity index (χ2n) is 7.92. The minimum absolute atomic E-state index is 0.112. The van der Waals surface area contributed by atoms with Crippen LogP contribution in [0, 0.1) is 26.7 Å². The molecule has 0 N–H and O–H groups in total. The summed E-state index contributed by atoms with van der Waals surface area (Å²) < 4.78 is 1.59. The Balaban J connectivity index is 1.70. The summed E-state index contributed by atoms with van der Waals surface area (Å²) >= 11 is 0. The van der Waals surface area contributed by atoms with Crippen LogP contribution in [-0.2, 0) is 13.5 Å². The second kappa shape index (κ2) is 8.12. The maximum absolute atomic E-state index is 13.0. The van der Waals surface area contributed by atoms with Crippen LogP contribution in [-0.4, -0.2) is 28.5 Å². The van der Waals surface area contributed by atoms with Gasteiger partial charge in [-0.15, -0.1) is 0 Å². The minimum atomic E-state index is -0.190. The summed E-state index contributed by atoms with van der Waals surface area (Å²) in [5.41, 5.74) is 4.73. The van der Waals surface area contributed by atoms with Gasteiger partial charge in [0.25, 0.3) is 11.5 Å². The van der Waals surface area contributed by atoms with Crippen molar-refractivity contribution in [1.82, 2.24) is 9.47 Å². The number of amides is 1. The number of aryl methyl sites for hydroxylation is 3. The highest BCUT2D eigenvalue weighted by Gasteiger charge is 2.26. The molecule has 2 heterocycles. The molecule has 2 aromatic rings. The van der Waals surface area contributed by atoms with Gasteiger partial charge < -0.3 is 9.47 Å². The summed E-state index contributed by atoms with van der Waals surface area (Å²) in [6.07, 6.45) is 4.29. The fraction of sp³-hybridized carbons (Fsp3) is 0.478. The Bertz CT molecular complexity index is 898. The Morgan fingerprint density at radius 3 is 2.63 bits per heavy atom.